The molecule has 3 rings (SSSR count). The minimum Gasteiger partial charge on any atom is -0.453 e. The average molecular weight is 381 g/mol. The van der Waals surface area contributed by atoms with Crippen LogP contribution < -0.4 is 5.32 Å². The van der Waals surface area contributed by atoms with Crippen LogP contribution in [0.2, 0.25) is 0 Å². The molecule has 27 heavy (non-hydrogen) atoms. The quantitative estimate of drug-likeness (QED) is 0.485. The summed E-state index contributed by atoms with van der Waals surface area (Å²) < 4.78 is 5.14. The van der Waals surface area contributed by atoms with Gasteiger partial charge in [-0.25, -0.2) is 0 Å². The van der Waals surface area contributed by atoms with Gasteiger partial charge in [0.25, 0.3) is 5.91 Å². The number of anilines is 1. The summed E-state index contributed by atoms with van der Waals surface area (Å²) in [6, 6.07) is 16.9. The summed E-state index contributed by atoms with van der Waals surface area (Å²) >= 11 is 1.34. The molecule has 6 heteroatoms. The van der Waals surface area contributed by atoms with Gasteiger partial charge in [0.1, 0.15) is 0 Å². The van der Waals surface area contributed by atoms with Gasteiger partial charge >= 0.3 is 5.97 Å². The van der Waals surface area contributed by atoms with Crippen LogP contribution in [-0.4, -0.2) is 23.8 Å². The number of benzene rings is 2. The van der Waals surface area contributed by atoms with Crippen molar-refractivity contribution in [2.24, 2.45) is 0 Å². The zero-order valence-corrected chi connectivity index (χ0v) is 15.6. The Bertz CT molecular complexity index is 965. The second-order valence-corrected chi connectivity index (χ2v) is 7.03. The number of hydrogen-bond acceptors (Lipinski definition) is 5. The second kappa shape index (κ2) is 8.60. The van der Waals surface area contributed by atoms with Gasteiger partial charge in [-0.2, -0.15) is 0 Å². The molecule has 1 unspecified atom stereocenters. The highest BCUT2D eigenvalue weighted by molar-refractivity contribution is 7.12. The van der Waals surface area contributed by atoms with Crippen molar-refractivity contribution in [3.8, 4) is 0 Å². The summed E-state index contributed by atoms with van der Waals surface area (Å²) in [5.74, 6) is -1.08. The molecule has 2 aromatic carbocycles. The van der Waals surface area contributed by atoms with Crippen molar-refractivity contribution < 1.29 is 19.1 Å². The maximum atomic E-state index is 12.3. The predicted molar refractivity (Wildman–Crippen MR) is 106 cm³/mol. The molecule has 0 radical (unpaired) electrons. The Kier molecular flexibility index (Phi) is 5.98. The molecule has 1 N–H and O–H groups in total. The van der Waals surface area contributed by atoms with Crippen LogP contribution in [0.25, 0.3) is 10.8 Å². The number of hydrogen-bond donors (Lipinski definition) is 1. The first-order valence-electron chi connectivity index (χ1n) is 8.59. The molecule has 5 nitrogen and oxygen atoms in total. The van der Waals surface area contributed by atoms with E-state index in [0.29, 0.717) is 10.6 Å². The molecule has 1 atom stereocenters. The van der Waals surface area contributed by atoms with Crippen LogP contribution in [0.5, 0.6) is 0 Å². The van der Waals surface area contributed by atoms with E-state index in [1.807, 2.05) is 41.8 Å². The Hall–Kier alpha value is -2.99. The lowest BCUT2D eigenvalue weighted by molar-refractivity contribution is -0.153. The normalized spacial score (nSPS) is 11.7. The number of rotatable bonds is 7. The molecule has 0 fully saturated rings. The number of ether oxygens (including phenoxy) is 1. The van der Waals surface area contributed by atoms with Crippen LogP contribution in [0.3, 0.4) is 0 Å². The van der Waals surface area contributed by atoms with Crippen molar-refractivity contribution in [3.63, 3.8) is 0 Å². The highest BCUT2D eigenvalue weighted by atomic mass is 32.1. The van der Waals surface area contributed by atoms with Gasteiger partial charge < -0.3 is 10.1 Å². The van der Waals surface area contributed by atoms with Crippen molar-refractivity contribution in [2.45, 2.75) is 25.9 Å². The molecular weight excluding hydrogens is 362 g/mol. The van der Waals surface area contributed by atoms with Crippen LogP contribution in [-0.2, 0) is 14.3 Å². The first-order valence-corrected chi connectivity index (χ1v) is 9.47. The van der Waals surface area contributed by atoms with E-state index >= 15 is 0 Å². The molecule has 1 amide bonds. The van der Waals surface area contributed by atoms with Crippen LogP contribution in [0, 0.1) is 0 Å². The Balaban J connectivity index is 1.50. The summed E-state index contributed by atoms with van der Waals surface area (Å²) in [5.41, 5.74) is 0.634. The van der Waals surface area contributed by atoms with E-state index in [2.05, 4.69) is 5.32 Å². The molecule has 0 bridgehead atoms. The van der Waals surface area contributed by atoms with Crippen molar-refractivity contribution >= 4 is 45.5 Å². The van der Waals surface area contributed by atoms with Crippen LogP contribution in [0.15, 0.2) is 60.0 Å². The smallest absolute Gasteiger partial charge is 0.307 e. The predicted octanol–water partition coefficient (Wildman–Crippen LogP) is 4.43. The van der Waals surface area contributed by atoms with Gasteiger partial charge in [0, 0.05) is 12.1 Å². The highest BCUT2D eigenvalue weighted by Crippen LogP contribution is 2.19. The largest absolute Gasteiger partial charge is 0.453 e. The molecule has 3 aromatic rings. The fraction of sp³-hybridized carbons (Fsp3) is 0.190. The van der Waals surface area contributed by atoms with Crippen molar-refractivity contribution in [1.29, 1.82) is 0 Å². The molecule has 0 saturated carbocycles. The maximum absolute atomic E-state index is 12.3. The highest BCUT2D eigenvalue weighted by Gasteiger charge is 2.19. The van der Waals surface area contributed by atoms with E-state index in [9.17, 15) is 14.4 Å². The number of carbonyl (C=O) groups excluding carboxylic acids is 3. The third-order valence-corrected chi connectivity index (χ3v) is 4.96. The Morgan fingerprint density at radius 2 is 1.78 bits per heavy atom. The lowest BCUT2D eigenvalue weighted by atomic mass is 10.1. The number of carbonyl (C=O) groups is 3. The summed E-state index contributed by atoms with van der Waals surface area (Å²) in [5, 5.41) is 6.64. The van der Waals surface area contributed by atoms with Gasteiger partial charge in [-0.1, -0.05) is 36.4 Å². The Morgan fingerprint density at radius 1 is 1.00 bits per heavy atom. The lowest BCUT2D eigenvalue weighted by Crippen LogP contribution is -2.30. The molecule has 1 aromatic heterocycles. The fourth-order valence-electron chi connectivity index (χ4n) is 2.60. The molecule has 0 aliphatic carbocycles. The number of thiophene rings is 1. The Morgan fingerprint density at radius 3 is 2.52 bits per heavy atom. The lowest BCUT2D eigenvalue weighted by Gasteiger charge is -2.14. The monoisotopic (exact) mass is 381 g/mol. The summed E-state index contributed by atoms with van der Waals surface area (Å²) in [4.78, 5) is 36.7. The number of esters is 1. The zero-order valence-electron chi connectivity index (χ0n) is 14.8. The molecule has 138 valence electrons. The van der Waals surface area contributed by atoms with Crippen LogP contribution in [0.1, 0.15) is 29.4 Å². The Labute approximate surface area is 161 Å². The van der Waals surface area contributed by atoms with Gasteiger partial charge in [0.15, 0.2) is 11.9 Å². The maximum Gasteiger partial charge on any atom is 0.307 e. The van der Waals surface area contributed by atoms with E-state index in [0.717, 1.165) is 10.8 Å². The first-order chi connectivity index (χ1) is 13.0. The van der Waals surface area contributed by atoms with Crippen LogP contribution >= 0.6 is 11.3 Å². The number of Topliss-reactive ketones (excluding diaryl/α,β-unsaturated/α-hetero) is 1. The number of nitrogens with one attached hydrogen (secondary N) is 1. The zero-order chi connectivity index (χ0) is 19.2. The van der Waals surface area contributed by atoms with Gasteiger partial charge in [-0.3, -0.25) is 14.4 Å². The van der Waals surface area contributed by atoms with E-state index in [1.54, 1.807) is 18.2 Å². The summed E-state index contributed by atoms with van der Waals surface area (Å²) in [6.07, 6.45) is -0.927. The first kappa shape index (κ1) is 18.8. The van der Waals surface area contributed by atoms with Gasteiger partial charge in [0.2, 0.25) is 0 Å². The third kappa shape index (κ3) is 5.01. The molecule has 0 saturated heterocycles. The number of amides is 1. The van der Waals surface area contributed by atoms with E-state index in [1.165, 1.54) is 18.3 Å². The molecule has 0 aliphatic rings. The van der Waals surface area contributed by atoms with E-state index in [4.69, 9.17) is 4.74 Å². The molecule has 0 aliphatic heterocycles. The van der Waals surface area contributed by atoms with E-state index in [-0.39, 0.29) is 18.6 Å². The average Bonchev–Trinajstić information content (AvgIpc) is 3.21. The molecule has 1 heterocycles. The van der Waals surface area contributed by atoms with E-state index < -0.39 is 18.0 Å². The third-order valence-electron chi connectivity index (χ3n) is 4.05. The van der Waals surface area contributed by atoms with Crippen molar-refractivity contribution in [3.05, 3.63) is 64.9 Å². The minimum atomic E-state index is -0.944. The summed E-state index contributed by atoms with van der Waals surface area (Å²) in [6.45, 7) is 1.51. The van der Waals surface area contributed by atoms with Gasteiger partial charge in [-0.15, -0.1) is 11.3 Å². The van der Waals surface area contributed by atoms with Gasteiger partial charge in [-0.05, 0) is 41.3 Å². The topological polar surface area (TPSA) is 72.5 Å². The van der Waals surface area contributed by atoms with Gasteiger partial charge in [0.05, 0.1) is 11.3 Å². The SMILES string of the molecule is CC(OC(=O)CCC(=O)c1cccs1)C(=O)Nc1ccc2ccccc2c1. The van der Waals surface area contributed by atoms with Crippen LogP contribution in [0.4, 0.5) is 5.69 Å². The fourth-order valence-corrected chi connectivity index (χ4v) is 3.29. The standard InChI is InChI=1S/C21H19NO4S/c1-14(26-20(24)11-10-18(23)19-7-4-12-27-19)21(25)22-17-9-8-15-5-2-3-6-16(15)13-17/h2-9,12-14H,10-11H2,1H3,(H,22,25). The van der Waals surface area contributed by atoms with Crippen molar-refractivity contribution in [2.75, 3.05) is 5.32 Å². The number of ketones is 1. The molecule has 0 spiro atoms. The number of fused-ring (bicyclic) bond motifs is 1. The second-order valence-electron chi connectivity index (χ2n) is 6.08. The summed E-state index contributed by atoms with van der Waals surface area (Å²) in [7, 11) is 0. The van der Waals surface area contributed by atoms with Crippen molar-refractivity contribution in [1.82, 2.24) is 0 Å². The minimum absolute atomic E-state index is 0.0513. The molecular formula is C21H19NO4S.